The van der Waals surface area contributed by atoms with E-state index in [1.165, 1.54) is 17.3 Å². The molecule has 3 rings (SSSR count). The van der Waals surface area contributed by atoms with Crippen LogP contribution in [0.2, 0.25) is 5.02 Å². The number of carbonyl (C=O) groups is 2. The number of carbonyl (C=O) groups excluding carboxylic acids is 2. The van der Waals surface area contributed by atoms with Crippen LogP contribution in [0.25, 0.3) is 0 Å². The summed E-state index contributed by atoms with van der Waals surface area (Å²) >= 11 is 7.32. The summed E-state index contributed by atoms with van der Waals surface area (Å²) < 4.78 is 5.42. The molecule has 0 saturated carbocycles. The standard InChI is InChI=1S/C24H28ClN3O3S/c1-4-31-12-6-11-28-23(30)21(15-22(29)26-19-8-5-7-18(25)14-19)32-24(28)27-20-10-9-16(2)17(3)13-20/h5,7-10,13-14,21H,4,6,11-12,15H2,1-3H3,(H,26,29). The number of hydrogen-bond donors (Lipinski definition) is 1. The van der Waals surface area contributed by atoms with Crippen molar-refractivity contribution in [2.24, 2.45) is 4.99 Å². The summed E-state index contributed by atoms with van der Waals surface area (Å²) in [6, 6.07) is 12.9. The number of aliphatic imine (C=N–C) groups is 1. The predicted molar refractivity (Wildman–Crippen MR) is 132 cm³/mol. The van der Waals surface area contributed by atoms with Crippen LogP contribution in [0, 0.1) is 13.8 Å². The van der Waals surface area contributed by atoms with Gasteiger partial charge in [0.25, 0.3) is 0 Å². The van der Waals surface area contributed by atoms with E-state index < -0.39 is 5.25 Å². The van der Waals surface area contributed by atoms with E-state index in [2.05, 4.69) is 12.2 Å². The van der Waals surface area contributed by atoms with Crippen molar-refractivity contribution in [3.05, 3.63) is 58.6 Å². The van der Waals surface area contributed by atoms with Crippen molar-refractivity contribution in [3.63, 3.8) is 0 Å². The molecule has 1 unspecified atom stereocenters. The number of rotatable bonds is 9. The zero-order valence-corrected chi connectivity index (χ0v) is 20.1. The molecule has 2 aromatic carbocycles. The fourth-order valence-corrected chi connectivity index (χ4v) is 4.63. The van der Waals surface area contributed by atoms with Gasteiger partial charge in [-0.3, -0.25) is 14.5 Å². The van der Waals surface area contributed by atoms with Crippen LogP contribution in [0.15, 0.2) is 47.5 Å². The lowest BCUT2D eigenvalue weighted by molar-refractivity contribution is -0.128. The number of thioether (sulfide) groups is 1. The van der Waals surface area contributed by atoms with Crippen LogP contribution in [0.4, 0.5) is 11.4 Å². The smallest absolute Gasteiger partial charge is 0.242 e. The van der Waals surface area contributed by atoms with Crippen LogP contribution in [0.3, 0.4) is 0 Å². The van der Waals surface area contributed by atoms with Gasteiger partial charge in [-0.05, 0) is 68.7 Å². The van der Waals surface area contributed by atoms with Gasteiger partial charge in [0.1, 0.15) is 5.25 Å². The number of amides is 2. The molecule has 1 aliphatic heterocycles. The Morgan fingerprint density at radius 3 is 2.75 bits per heavy atom. The maximum absolute atomic E-state index is 13.1. The molecule has 6 nitrogen and oxygen atoms in total. The highest BCUT2D eigenvalue weighted by atomic mass is 35.5. The highest BCUT2D eigenvalue weighted by Gasteiger charge is 2.38. The SMILES string of the molecule is CCOCCCN1C(=O)C(CC(=O)Nc2cccc(Cl)c2)SC1=Nc1ccc(C)c(C)c1. The van der Waals surface area contributed by atoms with Gasteiger partial charge < -0.3 is 10.1 Å². The monoisotopic (exact) mass is 473 g/mol. The van der Waals surface area contributed by atoms with Crippen molar-refractivity contribution in [3.8, 4) is 0 Å². The molecule has 32 heavy (non-hydrogen) atoms. The van der Waals surface area contributed by atoms with Crippen LogP contribution in [0.1, 0.15) is 30.9 Å². The van der Waals surface area contributed by atoms with Gasteiger partial charge in [0, 0.05) is 36.9 Å². The van der Waals surface area contributed by atoms with Gasteiger partial charge in [0.2, 0.25) is 11.8 Å². The summed E-state index contributed by atoms with van der Waals surface area (Å²) in [6.07, 6.45) is 0.761. The quantitative estimate of drug-likeness (QED) is 0.499. The summed E-state index contributed by atoms with van der Waals surface area (Å²) in [5, 5.41) is 3.45. The van der Waals surface area contributed by atoms with Crippen LogP contribution in [-0.2, 0) is 14.3 Å². The average molecular weight is 474 g/mol. The molecule has 8 heteroatoms. The molecule has 1 atom stereocenters. The van der Waals surface area contributed by atoms with Crippen molar-refractivity contribution < 1.29 is 14.3 Å². The maximum atomic E-state index is 13.1. The highest BCUT2D eigenvalue weighted by Crippen LogP contribution is 2.32. The fraction of sp³-hybridized carbons (Fsp3) is 0.375. The van der Waals surface area contributed by atoms with Crippen molar-refractivity contribution >= 4 is 51.7 Å². The van der Waals surface area contributed by atoms with Gasteiger partial charge in [-0.2, -0.15) is 0 Å². The van der Waals surface area contributed by atoms with Crippen molar-refractivity contribution in [1.82, 2.24) is 4.90 Å². The first-order chi connectivity index (χ1) is 15.4. The summed E-state index contributed by atoms with van der Waals surface area (Å²) in [5.74, 6) is -0.338. The summed E-state index contributed by atoms with van der Waals surface area (Å²) in [7, 11) is 0. The minimum Gasteiger partial charge on any atom is -0.382 e. The van der Waals surface area contributed by atoms with Crippen LogP contribution in [0.5, 0.6) is 0 Å². The van der Waals surface area contributed by atoms with Crippen LogP contribution >= 0.6 is 23.4 Å². The number of nitrogens with zero attached hydrogens (tertiary/aromatic N) is 2. The van der Waals surface area contributed by atoms with Gasteiger partial charge in [-0.15, -0.1) is 0 Å². The number of ether oxygens (including phenoxy) is 1. The van der Waals surface area contributed by atoms with Crippen LogP contribution < -0.4 is 5.32 Å². The Labute approximate surface area is 198 Å². The summed E-state index contributed by atoms with van der Waals surface area (Å²) in [4.78, 5) is 32.1. The number of aryl methyl sites for hydroxylation is 2. The number of amidine groups is 1. The summed E-state index contributed by atoms with van der Waals surface area (Å²) in [6.45, 7) is 7.74. The average Bonchev–Trinajstić information content (AvgIpc) is 3.02. The Kier molecular flexibility index (Phi) is 8.73. The number of halogens is 1. The second-order valence-corrected chi connectivity index (χ2v) is 9.18. The minimum absolute atomic E-state index is 0.0594. The normalized spacial score (nSPS) is 17.2. The zero-order chi connectivity index (χ0) is 23.1. The molecule has 1 fully saturated rings. The third kappa shape index (κ3) is 6.58. The molecule has 2 amide bonds. The van der Waals surface area contributed by atoms with Gasteiger partial charge >= 0.3 is 0 Å². The molecule has 0 aromatic heterocycles. The Morgan fingerprint density at radius 1 is 1.22 bits per heavy atom. The molecule has 0 radical (unpaired) electrons. The Balaban J connectivity index is 1.74. The second-order valence-electron chi connectivity index (χ2n) is 7.57. The molecule has 1 N–H and O–H groups in total. The number of hydrogen-bond acceptors (Lipinski definition) is 5. The molecule has 2 aromatic rings. The molecular formula is C24H28ClN3O3S. The van der Waals surface area contributed by atoms with E-state index in [0.29, 0.717) is 42.1 Å². The first-order valence-corrected chi connectivity index (χ1v) is 11.9. The topological polar surface area (TPSA) is 71.0 Å². The first-order valence-electron chi connectivity index (χ1n) is 10.6. The van der Waals surface area contributed by atoms with E-state index in [-0.39, 0.29) is 18.2 Å². The molecule has 1 saturated heterocycles. The Morgan fingerprint density at radius 2 is 2.03 bits per heavy atom. The number of anilines is 1. The predicted octanol–water partition coefficient (Wildman–Crippen LogP) is 5.34. The lowest BCUT2D eigenvalue weighted by Gasteiger charge is -2.16. The third-order valence-corrected chi connectivity index (χ3v) is 6.50. The van der Waals surface area contributed by atoms with E-state index in [1.54, 1.807) is 29.2 Å². The summed E-state index contributed by atoms with van der Waals surface area (Å²) in [5.41, 5.74) is 3.73. The minimum atomic E-state index is -0.522. The van der Waals surface area contributed by atoms with E-state index in [0.717, 1.165) is 11.3 Å². The molecule has 0 spiro atoms. The zero-order valence-electron chi connectivity index (χ0n) is 18.6. The maximum Gasteiger partial charge on any atom is 0.242 e. The van der Waals surface area contributed by atoms with Crippen molar-refractivity contribution in [1.29, 1.82) is 0 Å². The van der Waals surface area contributed by atoms with Crippen molar-refractivity contribution in [2.75, 3.05) is 25.1 Å². The van der Waals surface area contributed by atoms with E-state index in [1.807, 2.05) is 32.0 Å². The van der Waals surface area contributed by atoms with Crippen LogP contribution in [-0.4, -0.2) is 46.9 Å². The molecular weight excluding hydrogens is 446 g/mol. The van der Waals surface area contributed by atoms with E-state index >= 15 is 0 Å². The van der Waals surface area contributed by atoms with Gasteiger partial charge in [-0.1, -0.05) is 35.5 Å². The molecule has 170 valence electrons. The Hall–Kier alpha value is -2.35. The highest BCUT2D eigenvalue weighted by molar-refractivity contribution is 8.15. The third-order valence-electron chi connectivity index (χ3n) is 5.09. The van der Waals surface area contributed by atoms with Gasteiger partial charge in [-0.25, -0.2) is 4.99 Å². The van der Waals surface area contributed by atoms with E-state index in [4.69, 9.17) is 21.3 Å². The van der Waals surface area contributed by atoms with Gasteiger partial charge in [0.05, 0.1) is 5.69 Å². The van der Waals surface area contributed by atoms with Gasteiger partial charge in [0.15, 0.2) is 5.17 Å². The van der Waals surface area contributed by atoms with E-state index in [9.17, 15) is 9.59 Å². The molecule has 0 aliphatic carbocycles. The molecule has 1 heterocycles. The number of nitrogens with one attached hydrogen (secondary N) is 1. The fourth-order valence-electron chi connectivity index (χ4n) is 3.25. The molecule has 1 aliphatic rings. The largest absolute Gasteiger partial charge is 0.382 e. The first kappa shape index (κ1) is 24.3. The second kappa shape index (κ2) is 11.5. The number of benzene rings is 2. The Bertz CT molecular complexity index is 1010. The lowest BCUT2D eigenvalue weighted by Crippen LogP contribution is -2.34. The molecule has 0 bridgehead atoms. The lowest BCUT2D eigenvalue weighted by atomic mass is 10.1. The van der Waals surface area contributed by atoms with Crippen molar-refractivity contribution in [2.45, 2.75) is 38.9 Å².